The van der Waals surface area contributed by atoms with Crippen molar-refractivity contribution in [3.8, 4) is 5.75 Å². The maximum absolute atomic E-state index is 12.2. The molecule has 2 nitrogen and oxygen atoms in total. The first-order valence-corrected chi connectivity index (χ1v) is 7.26. The maximum atomic E-state index is 12.2. The Morgan fingerprint density at radius 1 is 1.05 bits per heavy atom. The lowest BCUT2D eigenvalue weighted by Crippen LogP contribution is -2.13. The number of ketones is 1. The molecule has 0 saturated heterocycles. The molecular formula is C17H17BrO2. The zero-order valence-corrected chi connectivity index (χ0v) is 13.5. The highest BCUT2D eigenvalue weighted by Gasteiger charge is 2.10. The highest BCUT2D eigenvalue weighted by Crippen LogP contribution is 2.22. The van der Waals surface area contributed by atoms with Gasteiger partial charge >= 0.3 is 0 Å². The Bertz CT molecular complexity index is 647. The summed E-state index contributed by atoms with van der Waals surface area (Å²) in [7, 11) is 0. The normalized spacial score (nSPS) is 10.4. The van der Waals surface area contributed by atoms with Crippen molar-refractivity contribution in [2.75, 3.05) is 6.61 Å². The molecule has 0 unspecified atom stereocenters. The summed E-state index contributed by atoms with van der Waals surface area (Å²) in [5, 5.41) is 0. The average Bonchev–Trinajstić information content (AvgIpc) is 2.40. The summed E-state index contributed by atoms with van der Waals surface area (Å²) in [4.78, 5) is 12.2. The monoisotopic (exact) mass is 332 g/mol. The lowest BCUT2D eigenvalue weighted by atomic mass is 10.0. The number of halogens is 1. The molecule has 0 heterocycles. The quantitative estimate of drug-likeness (QED) is 0.762. The molecule has 0 aliphatic rings. The van der Waals surface area contributed by atoms with Crippen LogP contribution in [0, 0.1) is 20.8 Å². The van der Waals surface area contributed by atoms with Crippen LogP contribution in [0.3, 0.4) is 0 Å². The van der Waals surface area contributed by atoms with Gasteiger partial charge in [-0.3, -0.25) is 4.79 Å². The van der Waals surface area contributed by atoms with Crippen LogP contribution in [0.25, 0.3) is 0 Å². The molecule has 0 amide bonds. The molecule has 0 atom stereocenters. The molecule has 0 fully saturated rings. The number of carbonyl (C=O) groups is 1. The molecular weight excluding hydrogens is 316 g/mol. The first kappa shape index (κ1) is 14.8. The van der Waals surface area contributed by atoms with E-state index in [0.717, 1.165) is 26.7 Å². The van der Waals surface area contributed by atoms with Gasteiger partial charge in [-0.2, -0.15) is 0 Å². The van der Waals surface area contributed by atoms with Crippen LogP contribution >= 0.6 is 15.9 Å². The zero-order valence-electron chi connectivity index (χ0n) is 11.9. The van der Waals surface area contributed by atoms with E-state index in [1.807, 2.05) is 57.2 Å². The van der Waals surface area contributed by atoms with Crippen LogP contribution in [0.2, 0.25) is 0 Å². The van der Waals surface area contributed by atoms with Crippen molar-refractivity contribution in [1.82, 2.24) is 0 Å². The Morgan fingerprint density at radius 3 is 2.45 bits per heavy atom. The van der Waals surface area contributed by atoms with Crippen LogP contribution in [0.15, 0.2) is 40.9 Å². The predicted molar refractivity (Wildman–Crippen MR) is 84.6 cm³/mol. The molecule has 0 aromatic heterocycles. The highest BCUT2D eigenvalue weighted by atomic mass is 79.9. The van der Waals surface area contributed by atoms with Gasteiger partial charge in [0.1, 0.15) is 5.75 Å². The van der Waals surface area contributed by atoms with Gasteiger partial charge < -0.3 is 4.74 Å². The highest BCUT2D eigenvalue weighted by molar-refractivity contribution is 9.10. The SMILES string of the molecule is Cc1ccc(C(=O)COc2ccc(Br)c(C)c2)c(C)c1. The summed E-state index contributed by atoms with van der Waals surface area (Å²) < 4.78 is 6.61. The Kier molecular flexibility index (Phi) is 4.61. The number of hydrogen-bond acceptors (Lipinski definition) is 2. The summed E-state index contributed by atoms with van der Waals surface area (Å²) >= 11 is 3.44. The second-order valence-corrected chi connectivity index (χ2v) is 5.80. The van der Waals surface area contributed by atoms with Crippen molar-refractivity contribution in [2.45, 2.75) is 20.8 Å². The Labute approximate surface area is 127 Å². The molecule has 0 N–H and O–H groups in total. The van der Waals surface area contributed by atoms with Gasteiger partial charge in [-0.25, -0.2) is 0 Å². The molecule has 104 valence electrons. The van der Waals surface area contributed by atoms with Crippen molar-refractivity contribution in [1.29, 1.82) is 0 Å². The summed E-state index contributed by atoms with van der Waals surface area (Å²) in [5.74, 6) is 0.715. The van der Waals surface area contributed by atoms with Crippen LogP contribution in [-0.2, 0) is 0 Å². The number of carbonyl (C=O) groups excluding carboxylic acids is 1. The number of benzene rings is 2. The molecule has 20 heavy (non-hydrogen) atoms. The molecule has 0 radical (unpaired) electrons. The minimum absolute atomic E-state index is 0.00284. The molecule has 0 spiro atoms. The summed E-state index contributed by atoms with van der Waals surface area (Å²) in [6.07, 6.45) is 0. The number of rotatable bonds is 4. The van der Waals surface area contributed by atoms with Crippen LogP contribution in [0.4, 0.5) is 0 Å². The minimum atomic E-state index is 0.00284. The second kappa shape index (κ2) is 6.23. The van der Waals surface area contributed by atoms with E-state index in [9.17, 15) is 4.79 Å². The fraction of sp³-hybridized carbons (Fsp3) is 0.235. The van der Waals surface area contributed by atoms with Crippen molar-refractivity contribution < 1.29 is 9.53 Å². The van der Waals surface area contributed by atoms with Crippen molar-refractivity contribution in [3.05, 3.63) is 63.1 Å². The average molecular weight is 333 g/mol. The van der Waals surface area contributed by atoms with Gasteiger partial charge in [0.25, 0.3) is 0 Å². The minimum Gasteiger partial charge on any atom is -0.485 e. The van der Waals surface area contributed by atoms with E-state index in [4.69, 9.17) is 4.74 Å². The molecule has 2 aromatic carbocycles. The van der Waals surface area contributed by atoms with Gasteiger partial charge in [-0.1, -0.05) is 39.7 Å². The molecule has 0 aliphatic carbocycles. The summed E-state index contributed by atoms with van der Waals surface area (Å²) in [5.41, 5.74) is 3.96. The van der Waals surface area contributed by atoms with Crippen LogP contribution in [0.1, 0.15) is 27.0 Å². The lowest BCUT2D eigenvalue weighted by molar-refractivity contribution is 0.0921. The fourth-order valence-corrected chi connectivity index (χ4v) is 2.31. The molecule has 0 aliphatic heterocycles. The Hall–Kier alpha value is -1.61. The lowest BCUT2D eigenvalue weighted by Gasteiger charge is -2.09. The maximum Gasteiger partial charge on any atom is 0.200 e. The molecule has 0 saturated carbocycles. The summed E-state index contributed by atoms with van der Waals surface area (Å²) in [6.45, 7) is 6.01. The van der Waals surface area contributed by atoms with Crippen LogP contribution in [-0.4, -0.2) is 12.4 Å². The number of ether oxygens (including phenoxy) is 1. The molecule has 2 rings (SSSR count). The van der Waals surface area contributed by atoms with Gasteiger partial charge in [0.2, 0.25) is 0 Å². The predicted octanol–water partition coefficient (Wildman–Crippen LogP) is 4.64. The topological polar surface area (TPSA) is 26.3 Å². The van der Waals surface area contributed by atoms with Crippen LogP contribution in [0.5, 0.6) is 5.75 Å². The van der Waals surface area contributed by atoms with E-state index in [-0.39, 0.29) is 12.4 Å². The second-order valence-electron chi connectivity index (χ2n) is 4.94. The van der Waals surface area contributed by atoms with Gasteiger partial charge in [0, 0.05) is 10.0 Å². The third-order valence-electron chi connectivity index (χ3n) is 3.18. The largest absolute Gasteiger partial charge is 0.485 e. The summed E-state index contributed by atoms with van der Waals surface area (Å²) in [6, 6.07) is 11.5. The van der Waals surface area contributed by atoms with E-state index >= 15 is 0 Å². The third-order valence-corrected chi connectivity index (χ3v) is 4.07. The van der Waals surface area contributed by atoms with Gasteiger partial charge in [0.05, 0.1) is 0 Å². The van der Waals surface area contributed by atoms with E-state index in [1.165, 1.54) is 0 Å². The van der Waals surface area contributed by atoms with Gasteiger partial charge in [-0.05, 0) is 50.1 Å². The van der Waals surface area contributed by atoms with E-state index < -0.39 is 0 Å². The third kappa shape index (κ3) is 3.48. The first-order chi connectivity index (χ1) is 9.47. The molecule has 3 heteroatoms. The van der Waals surface area contributed by atoms with E-state index in [1.54, 1.807) is 0 Å². The van der Waals surface area contributed by atoms with Crippen molar-refractivity contribution in [2.24, 2.45) is 0 Å². The van der Waals surface area contributed by atoms with E-state index in [0.29, 0.717) is 5.75 Å². The standard InChI is InChI=1S/C17H17BrO2/c1-11-4-6-15(12(2)8-11)17(19)10-20-14-5-7-16(18)13(3)9-14/h4-9H,10H2,1-3H3. The number of hydrogen-bond donors (Lipinski definition) is 0. The number of Topliss-reactive ketones (excluding diaryl/α,β-unsaturated/α-hetero) is 1. The number of aryl methyl sites for hydroxylation is 3. The van der Waals surface area contributed by atoms with Gasteiger partial charge in [-0.15, -0.1) is 0 Å². The smallest absolute Gasteiger partial charge is 0.200 e. The fourth-order valence-electron chi connectivity index (χ4n) is 2.06. The Morgan fingerprint density at radius 2 is 1.80 bits per heavy atom. The van der Waals surface area contributed by atoms with E-state index in [2.05, 4.69) is 15.9 Å². The molecule has 0 bridgehead atoms. The first-order valence-electron chi connectivity index (χ1n) is 6.47. The van der Waals surface area contributed by atoms with Gasteiger partial charge in [0.15, 0.2) is 12.4 Å². The van der Waals surface area contributed by atoms with Crippen molar-refractivity contribution >= 4 is 21.7 Å². The van der Waals surface area contributed by atoms with Crippen molar-refractivity contribution in [3.63, 3.8) is 0 Å². The zero-order chi connectivity index (χ0) is 14.7. The molecule has 2 aromatic rings. The van der Waals surface area contributed by atoms with Crippen LogP contribution < -0.4 is 4.74 Å². The Balaban J connectivity index is 2.06.